The van der Waals surface area contributed by atoms with Crippen molar-refractivity contribution in [2.24, 2.45) is 0 Å². The van der Waals surface area contributed by atoms with E-state index in [0.29, 0.717) is 18.0 Å². The van der Waals surface area contributed by atoms with E-state index in [1.807, 2.05) is 32.8 Å². The maximum atomic E-state index is 12.2. The van der Waals surface area contributed by atoms with Gasteiger partial charge < -0.3 is 14.4 Å². The highest BCUT2D eigenvalue weighted by Gasteiger charge is 2.19. The lowest BCUT2D eigenvalue weighted by Gasteiger charge is -2.12. The molecule has 0 atom stereocenters. The molecule has 6 nitrogen and oxygen atoms in total. The molecule has 0 aliphatic rings. The summed E-state index contributed by atoms with van der Waals surface area (Å²) in [6.45, 7) is 5.28. The van der Waals surface area contributed by atoms with Crippen molar-refractivity contribution < 1.29 is 14.3 Å². The number of carbonyl (C=O) groups is 1. The average Bonchev–Trinajstić information content (AvgIpc) is 2.76. The number of nitrogens with zero attached hydrogens (tertiary/aromatic N) is 3. The second-order valence-corrected chi connectivity index (χ2v) is 4.87. The quantitative estimate of drug-likeness (QED) is 0.661. The lowest BCUT2D eigenvalue weighted by molar-refractivity contribution is 0.0573. The molecule has 0 fully saturated rings. The molecule has 0 saturated heterocycles. The molecule has 0 saturated carbocycles. The SMILES string of the molecule is COc1cnn(CCN(C)C)c1C(=O)COC(C)C. The monoisotopic (exact) mass is 269 g/mol. The Bertz CT molecular complexity index is 413. The van der Waals surface area contributed by atoms with Gasteiger partial charge in [0.2, 0.25) is 5.78 Å². The van der Waals surface area contributed by atoms with Gasteiger partial charge in [-0.2, -0.15) is 5.10 Å². The zero-order valence-electron chi connectivity index (χ0n) is 12.3. The molecule has 1 aromatic rings. The van der Waals surface area contributed by atoms with Gasteiger partial charge in [-0.05, 0) is 27.9 Å². The van der Waals surface area contributed by atoms with Gasteiger partial charge in [-0.15, -0.1) is 0 Å². The lowest BCUT2D eigenvalue weighted by Crippen LogP contribution is -2.23. The molecule has 19 heavy (non-hydrogen) atoms. The van der Waals surface area contributed by atoms with Crippen LogP contribution in [0.25, 0.3) is 0 Å². The average molecular weight is 269 g/mol. The van der Waals surface area contributed by atoms with Gasteiger partial charge in [0.15, 0.2) is 5.75 Å². The third-order valence-electron chi connectivity index (χ3n) is 2.60. The molecule has 0 bridgehead atoms. The van der Waals surface area contributed by atoms with Crippen molar-refractivity contribution in [2.45, 2.75) is 26.5 Å². The van der Waals surface area contributed by atoms with Gasteiger partial charge in [0.05, 0.1) is 26.0 Å². The summed E-state index contributed by atoms with van der Waals surface area (Å²) in [4.78, 5) is 14.2. The first-order chi connectivity index (χ1) is 8.95. The van der Waals surface area contributed by atoms with Gasteiger partial charge >= 0.3 is 0 Å². The number of carbonyl (C=O) groups excluding carboxylic acids is 1. The second kappa shape index (κ2) is 7.25. The van der Waals surface area contributed by atoms with Gasteiger partial charge in [0.25, 0.3) is 0 Å². The number of rotatable bonds is 8. The summed E-state index contributed by atoms with van der Waals surface area (Å²) in [5.41, 5.74) is 0.477. The maximum absolute atomic E-state index is 12.2. The Balaban J connectivity index is 2.82. The van der Waals surface area contributed by atoms with Crippen LogP contribution in [0.15, 0.2) is 6.20 Å². The number of hydrogen-bond acceptors (Lipinski definition) is 5. The Labute approximate surface area is 114 Å². The van der Waals surface area contributed by atoms with Crippen molar-refractivity contribution in [1.82, 2.24) is 14.7 Å². The van der Waals surface area contributed by atoms with Gasteiger partial charge in [-0.3, -0.25) is 9.48 Å². The fourth-order valence-electron chi connectivity index (χ4n) is 1.57. The summed E-state index contributed by atoms with van der Waals surface area (Å²) in [7, 11) is 5.49. The molecular weight excluding hydrogens is 246 g/mol. The number of Topliss-reactive ketones (excluding diaryl/α,β-unsaturated/α-hetero) is 1. The van der Waals surface area contributed by atoms with E-state index < -0.39 is 0 Å². The minimum absolute atomic E-state index is 0.0214. The molecule has 6 heteroatoms. The molecule has 0 aromatic carbocycles. The van der Waals surface area contributed by atoms with E-state index in [-0.39, 0.29) is 18.5 Å². The summed E-state index contributed by atoms with van der Waals surface area (Å²) in [6, 6.07) is 0. The van der Waals surface area contributed by atoms with Crippen LogP contribution in [0.5, 0.6) is 5.75 Å². The predicted octanol–water partition coefficient (Wildman–Crippen LogP) is 1.06. The number of ether oxygens (including phenoxy) is 2. The number of likely N-dealkylation sites (N-methyl/N-ethyl adjacent to an activating group) is 1. The molecule has 108 valence electrons. The summed E-state index contributed by atoms with van der Waals surface area (Å²) < 4.78 is 12.2. The van der Waals surface area contributed by atoms with Crippen molar-refractivity contribution in [3.63, 3.8) is 0 Å². The van der Waals surface area contributed by atoms with E-state index in [0.717, 1.165) is 6.54 Å². The first kappa shape index (κ1) is 15.7. The van der Waals surface area contributed by atoms with Crippen LogP contribution in [-0.4, -0.2) is 60.9 Å². The van der Waals surface area contributed by atoms with Crippen LogP contribution < -0.4 is 4.74 Å². The van der Waals surface area contributed by atoms with E-state index in [1.165, 1.54) is 7.11 Å². The first-order valence-corrected chi connectivity index (χ1v) is 6.35. The minimum atomic E-state index is -0.109. The van der Waals surface area contributed by atoms with Gasteiger partial charge in [-0.1, -0.05) is 0 Å². The van der Waals surface area contributed by atoms with E-state index in [2.05, 4.69) is 5.10 Å². The first-order valence-electron chi connectivity index (χ1n) is 6.35. The van der Waals surface area contributed by atoms with Crippen molar-refractivity contribution in [3.8, 4) is 5.75 Å². The molecule has 1 rings (SSSR count). The largest absolute Gasteiger partial charge is 0.493 e. The fraction of sp³-hybridized carbons (Fsp3) is 0.692. The highest BCUT2D eigenvalue weighted by Crippen LogP contribution is 2.18. The lowest BCUT2D eigenvalue weighted by atomic mass is 10.2. The Morgan fingerprint density at radius 3 is 2.68 bits per heavy atom. The number of ketones is 1. The number of hydrogen-bond donors (Lipinski definition) is 0. The Morgan fingerprint density at radius 2 is 2.16 bits per heavy atom. The van der Waals surface area contributed by atoms with Gasteiger partial charge in [0, 0.05) is 6.54 Å². The van der Waals surface area contributed by atoms with Crippen LogP contribution in [0, 0.1) is 0 Å². The van der Waals surface area contributed by atoms with Crippen molar-refractivity contribution in [1.29, 1.82) is 0 Å². The molecule has 1 aromatic heterocycles. The fourth-order valence-corrected chi connectivity index (χ4v) is 1.57. The van der Waals surface area contributed by atoms with E-state index in [4.69, 9.17) is 9.47 Å². The molecule has 0 unspecified atom stereocenters. The molecule has 1 heterocycles. The maximum Gasteiger partial charge on any atom is 0.210 e. The number of aromatic nitrogens is 2. The Kier molecular flexibility index (Phi) is 5.98. The summed E-state index contributed by atoms with van der Waals surface area (Å²) in [5.74, 6) is 0.387. The topological polar surface area (TPSA) is 56.6 Å². The van der Waals surface area contributed by atoms with Crippen molar-refractivity contribution in [3.05, 3.63) is 11.9 Å². The van der Waals surface area contributed by atoms with Crippen LogP contribution in [0.2, 0.25) is 0 Å². The highest BCUT2D eigenvalue weighted by atomic mass is 16.5. The van der Waals surface area contributed by atoms with Crippen LogP contribution in [-0.2, 0) is 11.3 Å². The number of methoxy groups -OCH3 is 1. The van der Waals surface area contributed by atoms with Crippen LogP contribution in [0.3, 0.4) is 0 Å². The van der Waals surface area contributed by atoms with E-state index in [9.17, 15) is 4.79 Å². The van der Waals surface area contributed by atoms with Crippen LogP contribution in [0.1, 0.15) is 24.3 Å². The third-order valence-corrected chi connectivity index (χ3v) is 2.60. The summed E-state index contributed by atoms with van der Waals surface area (Å²) in [6.07, 6.45) is 1.59. The van der Waals surface area contributed by atoms with E-state index >= 15 is 0 Å². The molecule has 0 aliphatic heterocycles. The second-order valence-electron chi connectivity index (χ2n) is 4.87. The summed E-state index contributed by atoms with van der Waals surface area (Å²) >= 11 is 0. The Morgan fingerprint density at radius 1 is 1.47 bits per heavy atom. The Hall–Kier alpha value is -1.40. The van der Waals surface area contributed by atoms with Gasteiger partial charge in [-0.25, -0.2) is 0 Å². The zero-order valence-corrected chi connectivity index (χ0v) is 12.3. The van der Waals surface area contributed by atoms with Crippen LogP contribution >= 0.6 is 0 Å². The highest BCUT2D eigenvalue weighted by molar-refractivity contribution is 5.98. The minimum Gasteiger partial charge on any atom is -0.493 e. The van der Waals surface area contributed by atoms with Crippen LogP contribution in [0.4, 0.5) is 0 Å². The van der Waals surface area contributed by atoms with E-state index in [1.54, 1.807) is 10.9 Å². The molecule has 0 aliphatic carbocycles. The van der Waals surface area contributed by atoms with Crippen molar-refractivity contribution in [2.75, 3.05) is 34.4 Å². The third kappa shape index (κ3) is 4.65. The molecule has 0 amide bonds. The molecule has 0 radical (unpaired) electrons. The smallest absolute Gasteiger partial charge is 0.210 e. The summed E-state index contributed by atoms with van der Waals surface area (Å²) in [5, 5.41) is 4.20. The molecule has 0 N–H and O–H groups in total. The van der Waals surface area contributed by atoms with Crippen molar-refractivity contribution >= 4 is 5.78 Å². The van der Waals surface area contributed by atoms with Gasteiger partial charge in [0.1, 0.15) is 12.3 Å². The molecule has 0 spiro atoms. The zero-order chi connectivity index (χ0) is 14.4. The predicted molar refractivity (Wildman–Crippen MR) is 72.8 cm³/mol. The molecular formula is C13H23N3O3. The normalized spacial score (nSPS) is 11.3. The standard InChI is InChI=1S/C13H23N3O3/c1-10(2)19-9-11(17)13-12(18-5)8-14-16(13)7-6-15(3)4/h8,10H,6-7,9H2,1-5H3.